The molecule has 35 nitrogen and oxygen atoms in total. The van der Waals surface area contributed by atoms with E-state index in [0.717, 1.165) is 94.1 Å². The van der Waals surface area contributed by atoms with Gasteiger partial charge in [0.05, 0.1) is 62.1 Å². The maximum Gasteiger partial charge on any atom is 0.409 e. The summed E-state index contributed by atoms with van der Waals surface area (Å²) in [6, 6.07) is 17.0. The summed E-state index contributed by atoms with van der Waals surface area (Å²) < 4.78 is 31.0. The van der Waals surface area contributed by atoms with Crippen LogP contribution in [-0.4, -0.2) is 317 Å². The molecule has 5 fully saturated rings. The number of nitrogens with one attached hydrogen (secondary N) is 10. The number of halogens is 1. The van der Waals surface area contributed by atoms with E-state index in [2.05, 4.69) is 62.6 Å². The number of unbranched alkanes of at least 4 members (excludes halogenated alkanes) is 1. The van der Waals surface area contributed by atoms with Crippen molar-refractivity contribution in [3.05, 3.63) is 154 Å². The van der Waals surface area contributed by atoms with Gasteiger partial charge in [-0.25, -0.2) is 9.59 Å². The maximum absolute atomic E-state index is 15.4. The average molecular weight is 1940 g/mol. The number of esters is 1. The first-order valence-electron chi connectivity index (χ1n) is 45.1. The zero-order valence-corrected chi connectivity index (χ0v) is 80.8. The van der Waals surface area contributed by atoms with Crippen molar-refractivity contribution in [1.29, 1.82) is 0 Å². The van der Waals surface area contributed by atoms with E-state index in [-0.39, 0.29) is 61.1 Å². The molecule has 1 saturated carbocycles. The number of aliphatic hydroxyl groups is 4. The van der Waals surface area contributed by atoms with Gasteiger partial charge in [0.25, 0.3) is 0 Å². The lowest BCUT2D eigenvalue weighted by molar-refractivity contribution is -0.265. The van der Waals surface area contributed by atoms with Gasteiger partial charge in [-0.2, -0.15) is 0 Å². The van der Waals surface area contributed by atoms with Crippen LogP contribution in [-0.2, 0) is 92.6 Å². The number of nitrogens with two attached hydrogens (primary N) is 1. The molecule has 0 spiro atoms. The minimum atomic E-state index is -2.39. The zero-order chi connectivity index (χ0) is 96.0. The number of amides is 10. The predicted octanol–water partition coefficient (Wildman–Crippen LogP) is 3.74. The third-order valence-electron chi connectivity index (χ3n) is 25.7. The highest BCUT2D eigenvalue weighted by molar-refractivity contribution is 8.77. The first kappa shape index (κ1) is 104. The SMILES string of the molecule is COc1cc2cc(c1Cl)N(C)C(=O)C[C@@]1(OC(=O)[C@H](C)N(C)C(=O)CCSSCCCN3CCN(CCN[C@H](Cc4ccccc4)C(=O)N[C@H]4CSSC[C@@H](C(=O)N[C@H](CO)[C@@H](C)O)NC(=O)[C@H]([C@@H](C)O)NC(=O)[C@H](CCCCN)NC(=O)[C@@H](Cc5c[nH]c6ccccc56)NC(=O)[C@H](Cc5ccccc5)NC4=O)CC3)C3[C@H](OC(=O)N[C@@]3(O)[C@H](OC)/C=C/C=C(\C)C2)[C@@H](C)[C@@H]2O[C@]21C. The number of para-hydroxylation sites is 1. The van der Waals surface area contributed by atoms with Crippen molar-refractivity contribution in [2.45, 2.75) is 208 Å². The maximum atomic E-state index is 15.4. The Labute approximate surface area is 796 Å². The highest BCUT2D eigenvalue weighted by atomic mass is 35.5. The second-order valence-corrected chi connectivity index (χ2v) is 40.7. The minimum Gasteiger partial charge on any atom is -0.495 e. The first-order valence-corrected chi connectivity index (χ1v) is 50.5. The van der Waals surface area contributed by atoms with Crippen LogP contribution in [0.5, 0.6) is 5.75 Å². The van der Waals surface area contributed by atoms with Gasteiger partial charge in [0.1, 0.15) is 70.9 Å². The van der Waals surface area contributed by atoms with Crippen LogP contribution < -0.4 is 63.2 Å². The minimum absolute atomic E-state index is 0.000136. The Morgan fingerprint density at radius 3 is 2.11 bits per heavy atom. The van der Waals surface area contributed by atoms with Gasteiger partial charge in [-0.15, -0.1) is 0 Å². The number of epoxide rings is 1. The second kappa shape index (κ2) is 48.6. The lowest BCUT2D eigenvalue weighted by Crippen LogP contribution is -2.79. The highest BCUT2D eigenvalue weighted by Gasteiger charge is 2.83. The fraction of sp³-hybridized carbons (Fsp3) is 0.559. The van der Waals surface area contributed by atoms with Crippen molar-refractivity contribution in [2.75, 3.05) is 115 Å². The second-order valence-electron chi connectivity index (χ2n) is 35.1. The largest absolute Gasteiger partial charge is 0.495 e. The molecule has 2 bridgehead atoms. The Hall–Kier alpha value is -9.04. The van der Waals surface area contributed by atoms with Crippen molar-refractivity contribution in [3.63, 3.8) is 0 Å². The van der Waals surface area contributed by atoms with E-state index in [4.69, 9.17) is 41.0 Å². The Morgan fingerprint density at radius 1 is 0.789 bits per heavy atom. The van der Waals surface area contributed by atoms with Crippen molar-refractivity contribution in [3.8, 4) is 5.75 Å². The number of carbonyl (C=O) groups is 11. The summed E-state index contributed by atoms with van der Waals surface area (Å²) in [6.07, 6.45) is 1.25. The van der Waals surface area contributed by atoms with Crippen molar-refractivity contribution in [2.24, 2.45) is 17.6 Å². The number of hydrogen-bond acceptors (Lipinski definition) is 28. The molecule has 16 N–H and O–H groups in total. The number of fused-ring (bicyclic) bond motifs is 5. The zero-order valence-electron chi connectivity index (χ0n) is 76.7. The molecule has 10 amide bonds. The summed E-state index contributed by atoms with van der Waals surface area (Å²) in [6.45, 7) is 13.8. The number of nitrogens with zero attached hydrogens (tertiary/aromatic N) is 4. The van der Waals surface area contributed by atoms with Gasteiger partial charge in [0, 0.05) is 126 Å². The number of carbonyl (C=O) groups excluding carboxylic acids is 11. The van der Waals surface area contributed by atoms with Gasteiger partial charge >= 0.3 is 12.1 Å². The number of aliphatic hydroxyl groups excluding tert-OH is 3. The Balaban J connectivity index is 0.724. The van der Waals surface area contributed by atoms with Crippen LogP contribution >= 0.6 is 54.8 Å². The molecule has 0 radical (unpaired) electrons. The number of anilines is 1. The van der Waals surface area contributed by atoms with E-state index in [1.54, 1.807) is 85.5 Å². The van der Waals surface area contributed by atoms with Crippen LogP contribution in [0.2, 0.25) is 5.02 Å². The predicted molar refractivity (Wildman–Crippen MR) is 512 cm³/mol. The number of likely N-dealkylation sites (N-methyl/N-ethyl adjacent to an activating group) is 1. The molecule has 1 aliphatic carbocycles. The van der Waals surface area contributed by atoms with Gasteiger partial charge < -0.3 is 112 Å². The smallest absolute Gasteiger partial charge is 0.409 e. The summed E-state index contributed by atoms with van der Waals surface area (Å²) in [7, 11) is 11.1. The van der Waals surface area contributed by atoms with E-state index in [1.807, 2.05) is 67.6 Å². The number of methoxy groups -OCH3 is 2. The lowest BCUT2D eigenvalue weighted by atomic mass is 9.57. The summed E-state index contributed by atoms with van der Waals surface area (Å²) in [4.78, 5) is 173. The quantitative estimate of drug-likeness (QED) is 0.0121. The fourth-order valence-electron chi connectivity index (χ4n) is 17.8. The third-order valence-corrected chi connectivity index (χ3v) is 31.0. The number of piperazine rings is 1. The third kappa shape index (κ3) is 26.6. The van der Waals surface area contributed by atoms with Gasteiger partial charge in [0.2, 0.25) is 53.2 Å². The normalized spacial score (nSPS) is 27.8. The summed E-state index contributed by atoms with van der Waals surface area (Å²) in [5.74, 6) is -8.45. The van der Waals surface area contributed by atoms with Gasteiger partial charge in [0.15, 0.2) is 11.3 Å². The molecule has 5 aromatic rings. The molecular weight excluding hydrogens is 1810 g/mol. The Morgan fingerprint density at radius 2 is 1.44 bits per heavy atom. The molecule has 4 aromatic carbocycles. The summed E-state index contributed by atoms with van der Waals surface area (Å²) in [5, 5.41) is 71.4. The monoisotopic (exact) mass is 1940 g/mol. The average Bonchev–Trinajstić information content (AvgIpc) is 1.49. The Kier molecular flexibility index (Phi) is 38.2. The number of ether oxygens (including phenoxy) is 5. The van der Waals surface area contributed by atoms with E-state index < -0.39 is 186 Å². The van der Waals surface area contributed by atoms with Crippen LogP contribution in [0, 0.1) is 11.8 Å². The van der Waals surface area contributed by atoms with Gasteiger partial charge in [-0.3, -0.25) is 53.4 Å². The number of hydrogen-bond donors (Lipinski definition) is 15. The number of H-pyrrole nitrogens is 1. The van der Waals surface area contributed by atoms with E-state index in [9.17, 15) is 44.4 Å². The summed E-state index contributed by atoms with van der Waals surface area (Å²) in [5.41, 5.74) is 4.70. The molecule has 5 aliphatic heterocycles. The van der Waals surface area contributed by atoms with Crippen LogP contribution in [0.15, 0.2) is 127 Å². The lowest BCUT2D eigenvalue weighted by Gasteiger charge is -2.58. The molecule has 6 heterocycles. The fourth-order valence-corrected chi connectivity index (χ4v) is 22.5. The summed E-state index contributed by atoms with van der Waals surface area (Å²) >= 11 is 6.97. The van der Waals surface area contributed by atoms with E-state index in [1.165, 1.54) is 69.7 Å². The molecule has 11 rings (SSSR count). The molecule has 726 valence electrons. The number of benzene rings is 4. The molecule has 4 saturated heterocycles. The molecule has 133 heavy (non-hydrogen) atoms. The first-order chi connectivity index (χ1) is 63.6. The van der Waals surface area contributed by atoms with Crippen LogP contribution in [0.25, 0.3) is 10.9 Å². The highest BCUT2D eigenvalue weighted by Crippen LogP contribution is 2.65. The molecular formula is C93H128ClN15O20S4. The molecule has 1 aromatic heterocycles. The molecule has 40 heteroatoms. The molecule has 19 atom stereocenters. The molecule has 6 aliphatic rings. The van der Waals surface area contributed by atoms with Crippen molar-refractivity contribution >= 4 is 137 Å². The number of aromatic amines is 1. The van der Waals surface area contributed by atoms with Crippen LogP contribution in [0.3, 0.4) is 0 Å². The van der Waals surface area contributed by atoms with Crippen molar-refractivity contribution in [1.82, 2.24) is 67.5 Å². The van der Waals surface area contributed by atoms with Crippen molar-refractivity contribution < 1.29 is 96.9 Å². The van der Waals surface area contributed by atoms with Crippen LogP contribution in [0.1, 0.15) is 102 Å². The van der Waals surface area contributed by atoms with Gasteiger partial charge in [-0.1, -0.05) is 164 Å². The number of alkyl carbamates (subject to hydrolysis) is 1. The van der Waals surface area contributed by atoms with E-state index in [0.29, 0.717) is 60.7 Å². The number of rotatable bonds is 34. The standard InChI is InChI=1S/C93H128ClN15O20S4/c1-54-23-21-31-74(126-10)93(124)80-79(127-90(123)105-93)55(2)81-91(6,128-81)92(80,49-76(114)107(8)72-46-61(43-54)47-73(125-9)77(72)94)129-89(122)56(3)106(7)75(113)32-42-131-130-41-22-35-108-37-39-109(40-38-108)36-34-96-66(44-59-24-13-11-14-25-59)83(116)102-70-52-132-133-53-71(87(120)101-69(51-110)57(4)111)103-88(121)78(58(5)112)104-82(115)65(30-19-20-33-95)98-85(118)68(48-62-50-97-64-29-18-17-28-63(62)64)100-84(117)67(99-86(70)119)45-60-26-15-12-16-27-60/h11-18,21,23-29,31,46-47,50,55-58,65-71,74,78-81,96-97,110-112,124H,19-20,22,30,32-45,48-49,51-53,95H2,1-10H3,(H,98,118)(H,99,119)(H,100,117)(H,101,120)(H,102,116)(H,103,121)(H,104,115)(H,105,123)/b31-21+,54-23+/t55-,56+,57-,58-,65+,66-,67+,68-,69-,70+,71+,74-,78+,79-,80?,81+,91-,92-,93-/m1/s1. The molecule has 1 unspecified atom stereocenters. The van der Waals surface area contributed by atoms with E-state index >= 15 is 28.8 Å². The topological polar surface area (TPSA) is 481 Å². The van der Waals surface area contributed by atoms with Crippen LogP contribution in [0.4, 0.5) is 10.5 Å². The Bertz CT molecular complexity index is 4930. The van der Waals surface area contributed by atoms with Gasteiger partial charge in [-0.05, 0) is 127 Å². The number of allylic oxidation sites excluding steroid dienone is 3. The number of aromatic nitrogens is 1.